The van der Waals surface area contributed by atoms with Crippen molar-refractivity contribution in [2.45, 2.75) is 17.7 Å². The van der Waals surface area contributed by atoms with E-state index in [0.717, 1.165) is 11.4 Å². The number of anilines is 2. The van der Waals surface area contributed by atoms with Gasteiger partial charge >= 0.3 is 99.3 Å². The summed E-state index contributed by atoms with van der Waals surface area (Å²) >= 11 is 0. The Labute approximate surface area is 298 Å². The van der Waals surface area contributed by atoms with E-state index in [-0.39, 0.29) is 106 Å². The van der Waals surface area contributed by atoms with Crippen molar-refractivity contribution in [1.29, 1.82) is 5.26 Å². The second-order valence-electron chi connectivity index (χ2n) is 7.16. The standard InChI is InChI=1S/C13H17N2O3S.C8H11NO3S.3Na.O3S/c1-2-8-15(9-3-10-19(16,17)18)13-6-4-12(11-14)5-7-13;1-9(2)7-3-5-8(6-4-7)13(10,11)12;;;;1-4(2)3/h4-7H,1-3,8-10H2,(H,16,17,18);3-6H,1-2H3,(H,10,11,12);;;;/q-1;;3*+1;/p-2. The topological polar surface area (TPSA) is 196 Å². The molecule has 12 nitrogen and oxygen atoms in total. The number of rotatable bonds is 9. The molecule has 0 aliphatic heterocycles. The van der Waals surface area contributed by atoms with Crippen LogP contribution in [-0.2, 0) is 30.8 Å². The van der Waals surface area contributed by atoms with E-state index in [1.54, 1.807) is 36.4 Å². The minimum Gasteiger partial charge on any atom is -0.748 e. The summed E-state index contributed by atoms with van der Waals surface area (Å²) in [4.78, 5) is 3.58. The molecule has 0 aliphatic carbocycles. The molecule has 0 spiro atoms. The number of nitrogens with zero attached hydrogens (tertiary/aromatic N) is 3. The van der Waals surface area contributed by atoms with Gasteiger partial charge in [-0.1, -0.05) is 0 Å². The number of benzene rings is 2. The quantitative estimate of drug-likeness (QED) is 0.145. The first-order valence-electron chi connectivity index (χ1n) is 10.1. The fourth-order valence-corrected chi connectivity index (χ4v) is 3.60. The molecule has 0 amide bonds. The molecule has 39 heavy (non-hydrogen) atoms. The maximum atomic E-state index is 10.6. The molecule has 0 aliphatic rings. The second-order valence-corrected chi connectivity index (χ2v) is 10.5. The Morgan fingerprint density at radius 2 is 1.28 bits per heavy atom. The first-order chi connectivity index (χ1) is 16.6. The molecule has 2 aromatic rings. The SMILES string of the molecule is CN(C)c1ccc(S(=O)(=O)[O-])cc1.O=S(=O)=O.[CH2-]CCN(CCCS(=O)(=O)[O-])c1ccc(C#N)cc1.[Na+].[Na+].[Na+]. The van der Waals surface area contributed by atoms with E-state index in [4.69, 9.17) is 17.9 Å². The molecule has 200 valence electrons. The summed E-state index contributed by atoms with van der Waals surface area (Å²) in [5, 5.41) is 8.73. The molecule has 0 radical (unpaired) electrons. The third-order valence-corrected chi connectivity index (χ3v) is 5.89. The van der Waals surface area contributed by atoms with Gasteiger partial charge < -0.3 is 25.8 Å². The summed E-state index contributed by atoms with van der Waals surface area (Å²) < 4.78 is 88.7. The number of hydrogen-bond acceptors (Lipinski definition) is 12. The van der Waals surface area contributed by atoms with E-state index < -0.39 is 30.8 Å². The van der Waals surface area contributed by atoms with Gasteiger partial charge in [0.05, 0.1) is 26.6 Å². The Balaban J connectivity index is -0.000000269. The smallest absolute Gasteiger partial charge is 0.748 e. The second kappa shape index (κ2) is 23.5. The van der Waals surface area contributed by atoms with Crippen LogP contribution in [-0.4, -0.2) is 71.5 Å². The number of nitriles is 1. The van der Waals surface area contributed by atoms with Gasteiger partial charge in [0.25, 0.3) is 0 Å². The van der Waals surface area contributed by atoms with Gasteiger partial charge in [-0.3, -0.25) is 0 Å². The zero-order chi connectivity index (χ0) is 27.9. The predicted molar refractivity (Wildman–Crippen MR) is 131 cm³/mol. The van der Waals surface area contributed by atoms with E-state index in [0.29, 0.717) is 25.1 Å². The molecule has 0 saturated carbocycles. The Morgan fingerprint density at radius 3 is 1.62 bits per heavy atom. The van der Waals surface area contributed by atoms with Gasteiger partial charge in [0, 0.05) is 37.8 Å². The summed E-state index contributed by atoms with van der Waals surface area (Å²) in [6.07, 6.45) is 0.954. The zero-order valence-corrected chi connectivity index (χ0v) is 31.1. The van der Waals surface area contributed by atoms with Crippen molar-refractivity contribution in [3.63, 3.8) is 0 Å². The Bertz CT molecular complexity index is 1310. The van der Waals surface area contributed by atoms with Crippen LogP contribution in [0.1, 0.15) is 18.4 Å². The summed E-state index contributed by atoms with van der Waals surface area (Å²) in [5.41, 5.74) is 2.32. The molecule has 0 N–H and O–H groups in total. The molecule has 0 unspecified atom stereocenters. The first-order valence-corrected chi connectivity index (χ1v) is 14.1. The fraction of sp³-hybridized carbons (Fsp3) is 0.333. The first kappa shape index (κ1) is 45.9. The molecule has 0 fully saturated rings. The fourth-order valence-electron chi connectivity index (χ4n) is 2.65. The summed E-state index contributed by atoms with van der Waals surface area (Å²) in [6.45, 7) is 4.91. The molecular weight excluding hydrogens is 603 g/mol. The van der Waals surface area contributed by atoms with Crippen LogP contribution in [0.25, 0.3) is 0 Å². The van der Waals surface area contributed by atoms with Crippen molar-refractivity contribution < 1.29 is 127 Å². The van der Waals surface area contributed by atoms with Gasteiger partial charge in [-0.25, -0.2) is 16.8 Å². The normalized spacial score (nSPS) is 9.74. The van der Waals surface area contributed by atoms with Crippen LogP contribution in [0.3, 0.4) is 0 Å². The van der Waals surface area contributed by atoms with Crippen LogP contribution in [0.2, 0.25) is 0 Å². The van der Waals surface area contributed by atoms with Crippen molar-refractivity contribution in [2.75, 3.05) is 42.7 Å². The molecule has 0 atom stereocenters. The van der Waals surface area contributed by atoms with Crippen molar-refractivity contribution in [3.05, 3.63) is 61.0 Å². The van der Waals surface area contributed by atoms with E-state index >= 15 is 0 Å². The van der Waals surface area contributed by atoms with Crippen molar-refractivity contribution in [1.82, 2.24) is 0 Å². The number of hydrogen-bond donors (Lipinski definition) is 0. The maximum Gasteiger partial charge on any atom is 1.00 e. The largest absolute Gasteiger partial charge is 1.00 e. The summed E-state index contributed by atoms with van der Waals surface area (Å²) in [5.74, 6) is -0.364. The van der Waals surface area contributed by atoms with Gasteiger partial charge in [-0.2, -0.15) is 11.7 Å². The summed E-state index contributed by atoms with van der Waals surface area (Å²) in [6, 6.07) is 14.8. The molecule has 18 heteroatoms. The van der Waals surface area contributed by atoms with E-state index in [9.17, 15) is 25.9 Å². The Morgan fingerprint density at radius 1 is 0.846 bits per heavy atom. The van der Waals surface area contributed by atoms with Gasteiger partial charge in [0.15, 0.2) is 0 Å². The molecule has 2 aromatic carbocycles. The van der Waals surface area contributed by atoms with Gasteiger partial charge in [0.2, 0.25) is 0 Å². The zero-order valence-electron chi connectivity index (χ0n) is 22.6. The van der Waals surface area contributed by atoms with E-state index in [2.05, 4.69) is 6.92 Å². The van der Waals surface area contributed by atoms with E-state index in [1.165, 1.54) is 12.1 Å². The van der Waals surface area contributed by atoms with Crippen molar-refractivity contribution in [3.8, 4) is 6.07 Å². The van der Waals surface area contributed by atoms with Gasteiger partial charge in [-0.15, -0.1) is 12.6 Å². The molecule has 2 rings (SSSR count). The molecule has 0 aromatic heterocycles. The van der Waals surface area contributed by atoms with Crippen LogP contribution >= 0.6 is 0 Å². The van der Waals surface area contributed by atoms with Crippen LogP contribution in [0.5, 0.6) is 0 Å². The molecule has 0 heterocycles. The van der Waals surface area contributed by atoms with Crippen LogP contribution in [0, 0.1) is 18.3 Å². The third kappa shape index (κ3) is 23.2. The van der Waals surface area contributed by atoms with Crippen molar-refractivity contribution in [2.24, 2.45) is 0 Å². The molecule has 0 bridgehead atoms. The minimum atomic E-state index is -4.31. The van der Waals surface area contributed by atoms with Crippen LogP contribution in [0.15, 0.2) is 53.4 Å². The van der Waals surface area contributed by atoms with Crippen LogP contribution < -0.4 is 98.5 Å². The predicted octanol–water partition coefficient (Wildman–Crippen LogP) is -7.81. The molecular formula is C21H26N3Na3O9S3. The Kier molecular flexibility index (Phi) is 27.7. The van der Waals surface area contributed by atoms with Gasteiger partial charge in [-0.05, 0) is 61.5 Å². The van der Waals surface area contributed by atoms with Crippen LogP contribution in [0.4, 0.5) is 11.4 Å². The molecule has 0 saturated heterocycles. The Hall–Kier alpha value is -0.0300. The summed E-state index contributed by atoms with van der Waals surface area (Å²) in [7, 11) is -7.92. The maximum absolute atomic E-state index is 10.6. The monoisotopic (exact) mass is 629 g/mol. The average Bonchev–Trinajstić information content (AvgIpc) is 2.77. The average molecular weight is 630 g/mol. The van der Waals surface area contributed by atoms with E-state index in [1.807, 2.05) is 30.0 Å². The minimum absolute atomic E-state index is 0. The van der Waals surface area contributed by atoms with Crippen molar-refractivity contribution >= 4 is 42.2 Å². The van der Waals surface area contributed by atoms with Gasteiger partial charge in [0.1, 0.15) is 10.1 Å². The third-order valence-electron chi connectivity index (χ3n) is 4.25.